The molecule has 30 heavy (non-hydrogen) atoms. The molecule has 3 N–H and O–H groups in total. The number of carbonyl (C=O) groups is 2. The quantitative estimate of drug-likeness (QED) is 0.595. The van der Waals surface area contributed by atoms with Crippen molar-refractivity contribution in [3.8, 4) is 5.88 Å². The van der Waals surface area contributed by atoms with E-state index in [2.05, 4.69) is 20.6 Å². The maximum Gasteiger partial charge on any atom is 0.407 e. The first-order valence-electron chi connectivity index (χ1n) is 9.78. The van der Waals surface area contributed by atoms with Crippen LogP contribution in [-0.4, -0.2) is 74.9 Å². The number of aromatic amines is 1. The van der Waals surface area contributed by atoms with E-state index in [1.165, 1.54) is 16.7 Å². The molecule has 0 spiro atoms. The number of methoxy groups -OCH3 is 2. The Bertz CT molecular complexity index is 894. The van der Waals surface area contributed by atoms with E-state index < -0.39 is 6.09 Å². The van der Waals surface area contributed by atoms with Crippen molar-refractivity contribution >= 4 is 17.8 Å². The molecule has 2 heterocycles. The van der Waals surface area contributed by atoms with Crippen molar-refractivity contribution in [2.24, 2.45) is 7.05 Å². The van der Waals surface area contributed by atoms with Gasteiger partial charge in [-0.1, -0.05) is 0 Å². The summed E-state index contributed by atoms with van der Waals surface area (Å²) in [7, 11) is 4.71. The highest BCUT2D eigenvalue weighted by molar-refractivity contribution is 6.02. The summed E-state index contributed by atoms with van der Waals surface area (Å²) in [5, 5.41) is 23.6. The third-order valence-corrected chi connectivity index (χ3v) is 5.48. The zero-order valence-electron chi connectivity index (χ0n) is 17.6. The summed E-state index contributed by atoms with van der Waals surface area (Å²) in [4.78, 5) is 25.7. The lowest BCUT2D eigenvalue weighted by molar-refractivity contribution is 0.0646. The van der Waals surface area contributed by atoms with Gasteiger partial charge < -0.3 is 24.8 Å². The van der Waals surface area contributed by atoms with Gasteiger partial charge in [0.25, 0.3) is 5.91 Å². The number of anilines is 1. The second-order valence-electron chi connectivity index (χ2n) is 7.52. The molecule has 3 atom stereocenters. The summed E-state index contributed by atoms with van der Waals surface area (Å²) < 4.78 is 11.6. The lowest BCUT2D eigenvalue weighted by Crippen LogP contribution is -2.46. The van der Waals surface area contributed by atoms with Crippen LogP contribution < -0.4 is 10.1 Å². The minimum atomic E-state index is -0.936. The Morgan fingerprint density at radius 3 is 2.80 bits per heavy atom. The fourth-order valence-corrected chi connectivity index (χ4v) is 4.06. The van der Waals surface area contributed by atoms with Crippen molar-refractivity contribution in [3.05, 3.63) is 23.5 Å². The molecular formula is C19H28N6O5. The van der Waals surface area contributed by atoms with Crippen LogP contribution in [0.1, 0.15) is 48.3 Å². The normalized spacial score (nSPS) is 19.5. The molecule has 0 bridgehead atoms. The molecular weight excluding hydrogens is 392 g/mol. The van der Waals surface area contributed by atoms with Gasteiger partial charge >= 0.3 is 6.09 Å². The van der Waals surface area contributed by atoms with Gasteiger partial charge in [0, 0.05) is 43.9 Å². The van der Waals surface area contributed by atoms with E-state index in [-0.39, 0.29) is 23.9 Å². The first kappa shape index (κ1) is 21.6. The van der Waals surface area contributed by atoms with Crippen molar-refractivity contribution in [2.75, 3.05) is 26.1 Å². The molecule has 2 aromatic rings. The predicted molar refractivity (Wildman–Crippen MR) is 108 cm³/mol. The van der Waals surface area contributed by atoms with Crippen LogP contribution >= 0.6 is 0 Å². The lowest BCUT2D eigenvalue weighted by atomic mass is 10.0. The summed E-state index contributed by atoms with van der Waals surface area (Å²) >= 11 is 0. The standard InChI is InChI=1S/C19H28N6O5/c1-11(10-29-3)25(19(27)28)13-6-5-12(7-13)14-8-16(22-21-14)20-18(26)15-9-17(30-4)23-24(15)2/h8-9,11-13H,5-7,10H2,1-4H3,(H,27,28)(H2,20,21,22,26)/t11?,12-,13+/m0/s1. The number of aryl methyl sites for hydroxylation is 1. The minimum absolute atomic E-state index is 0.0825. The highest BCUT2D eigenvalue weighted by atomic mass is 16.5. The Hall–Kier alpha value is -3.08. The molecule has 1 saturated carbocycles. The Morgan fingerprint density at radius 1 is 1.40 bits per heavy atom. The fourth-order valence-electron chi connectivity index (χ4n) is 4.06. The number of carboxylic acid groups (broad SMARTS) is 1. The number of nitrogens with zero attached hydrogens (tertiary/aromatic N) is 4. The second kappa shape index (κ2) is 9.16. The molecule has 0 radical (unpaired) electrons. The smallest absolute Gasteiger partial charge is 0.407 e. The maximum absolute atomic E-state index is 12.5. The Morgan fingerprint density at radius 2 is 2.17 bits per heavy atom. The van der Waals surface area contributed by atoms with Crippen molar-refractivity contribution in [3.63, 3.8) is 0 Å². The molecule has 1 aliphatic carbocycles. The fraction of sp³-hybridized carbons (Fsp3) is 0.579. The largest absolute Gasteiger partial charge is 0.480 e. The van der Waals surface area contributed by atoms with E-state index in [9.17, 15) is 14.7 Å². The summed E-state index contributed by atoms with van der Waals surface area (Å²) in [6, 6.07) is 3.04. The van der Waals surface area contributed by atoms with Gasteiger partial charge in [-0.2, -0.15) is 5.10 Å². The van der Waals surface area contributed by atoms with Crippen molar-refractivity contribution in [1.82, 2.24) is 24.9 Å². The number of rotatable bonds is 8. The average molecular weight is 420 g/mol. The number of carbonyl (C=O) groups excluding carboxylic acids is 1. The molecule has 2 amide bonds. The lowest BCUT2D eigenvalue weighted by Gasteiger charge is -2.31. The van der Waals surface area contributed by atoms with Crippen molar-refractivity contribution in [2.45, 2.75) is 44.2 Å². The van der Waals surface area contributed by atoms with E-state index in [0.29, 0.717) is 30.4 Å². The zero-order chi connectivity index (χ0) is 21.8. The molecule has 0 aromatic carbocycles. The third kappa shape index (κ3) is 4.56. The summed E-state index contributed by atoms with van der Waals surface area (Å²) in [5.41, 5.74) is 1.22. The van der Waals surface area contributed by atoms with Gasteiger partial charge in [-0.05, 0) is 26.2 Å². The number of ether oxygens (including phenoxy) is 2. The van der Waals surface area contributed by atoms with E-state index in [1.807, 2.05) is 6.92 Å². The predicted octanol–water partition coefficient (Wildman–Crippen LogP) is 2.06. The van der Waals surface area contributed by atoms with Crippen LogP contribution in [0.3, 0.4) is 0 Å². The number of amides is 2. The van der Waals surface area contributed by atoms with Crippen LogP contribution in [0, 0.1) is 0 Å². The monoisotopic (exact) mass is 420 g/mol. The first-order valence-corrected chi connectivity index (χ1v) is 9.78. The summed E-state index contributed by atoms with van der Waals surface area (Å²) in [5.74, 6) is 0.553. The Labute approximate surface area is 174 Å². The van der Waals surface area contributed by atoms with Gasteiger partial charge in [0.05, 0.1) is 19.8 Å². The summed E-state index contributed by atoms with van der Waals surface area (Å²) in [6.45, 7) is 2.20. The Balaban J connectivity index is 1.64. The summed E-state index contributed by atoms with van der Waals surface area (Å²) in [6.07, 6.45) is 1.35. The van der Waals surface area contributed by atoms with Gasteiger partial charge in [-0.25, -0.2) is 4.79 Å². The SMILES string of the molecule is COCC(C)N(C(=O)O)[C@@H]1CC[C@H](c2cc(NC(=O)c3cc(OC)nn3C)n[nH]2)C1. The topological polar surface area (TPSA) is 135 Å². The van der Waals surface area contributed by atoms with E-state index in [0.717, 1.165) is 18.5 Å². The minimum Gasteiger partial charge on any atom is -0.480 e. The van der Waals surface area contributed by atoms with Gasteiger partial charge in [0.15, 0.2) is 5.82 Å². The highest BCUT2D eigenvalue weighted by Crippen LogP contribution is 2.37. The average Bonchev–Trinajstić information content (AvgIpc) is 3.41. The van der Waals surface area contributed by atoms with Gasteiger partial charge in [0.1, 0.15) is 5.69 Å². The molecule has 0 aliphatic heterocycles. The highest BCUT2D eigenvalue weighted by Gasteiger charge is 2.36. The van der Waals surface area contributed by atoms with Crippen molar-refractivity contribution in [1.29, 1.82) is 0 Å². The Kier molecular flexibility index (Phi) is 6.60. The van der Waals surface area contributed by atoms with Crippen LogP contribution in [0.15, 0.2) is 12.1 Å². The molecule has 2 aromatic heterocycles. The first-order chi connectivity index (χ1) is 14.3. The van der Waals surface area contributed by atoms with Gasteiger partial charge in [0.2, 0.25) is 5.88 Å². The van der Waals surface area contributed by atoms with E-state index in [1.54, 1.807) is 26.3 Å². The number of H-pyrrole nitrogens is 1. The third-order valence-electron chi connectivity index (χ3n) is 5.48. The molecule has 11 heteroatoms. The zero-order valence-corrected chi connectivity index (χ0v) is 17.6. The van der Waals surface area contributed by atoms with Gasteiger partial charge in [-0.3, -0.25) is 14.6 Å². The van der Waals surface area contributed by atoms with Crippen LogP contribution in [-0.2, 0) is 11.8 Å². The molecule has 0 saturated heterocycles. The van der Waals surface area contributed by atoms with Crippen LogP contribution in [0.2, 0.25) is 0 Å². The molecule has 1 aliphatic rings. The van der Waals surface area contributed by atoms with E-state index >= 15 is 0 Å². The molecule has 3 rings (SSSR count). The number of hydrogen-bond acceptors (Lipinski definition) is 6. The van der Waals surface area contributed by atoms with Gasteiger partial charge in [-0.15, -0.1) is 5.10 Å². The van der Waals surface area contributed by atoms with E-state index in [4.69, 9.17) is 9.47 Å². The number of aromatic nitrogens is 4. The molecule has 11 nitrogen and oxygen atoms in total. The number of hydrogen-bond donors (Lipinski definition) is 3. The number of nitrogens with one attached hydrogen (secondary N) is 2. The van der Waals surface area contributed by atoms with Crippen molar-refractivity contribution < 1.29 is 24.2 Å². The second-order valence-corrected chi connectivity index (χ2v) is 7.52. The molecule has 1 unspecified atom stereocenters. The molecule has 1 fully saturated rings. The van der Waals surface area contributed by atoms with Crippen LogP contribution in [0.4, 0.5) is 10.6 Å². The van der Waals surface area contributed by atoms with Crippen LogP contribution in [0.25, 0.3) is 0 Å². The van der Waals surface area contributed by atoms with Crippen LogP contribution in [0.5, 0.6) is 5.88 Å². The molecule has 164 valence electrons. The maximum atomic E-state index is 12.5.